The van der Waals surface area contributed by atoms with Crippen molar-refractivity contribution in [1.29, 1.82) is 0 Å². The van der Waals surface area contributed by atoms with Crippen molar-refractivity contribution in [2.45, 2.75) is 51.5 Å². The van der Waals surface area contributed by atoms with Crippen molar-refractivity contribution < 1.29 is 0 Å². The molecule has 90 valence electrons. The Balaban J connectivity index is 1.71. The number of hydrogen-bond acceptors (Lipinski definition) is 2. The van der Waals surface area contributed by atoms with Crippen molar-refractivity contribution in [3.05, 3.63) is 22.4 Å². The van der Waals surface area contributed by atoms with Gasteiger partial charge in [-0.3, -0.25) is 0 Å². The summed E-state index contributed by atoms with van der Waals surface area (Å²) in [6.07, 6.45) is 8.24. The van der Waals surface area contributed by atoms with E-state index >= 15 is 0 Å². The molecule has 0 spiro atoms. The molecular formula is C14H23NS. The van der Waals surface area contributed by atoms with Crippen LogP contribution in [0, 0.1) is 5.92 Å². The molecule has 0 saturated heterocycles. The largest absolute Gasteiger partial charge is 0.313 e. The van der Waals surface area contributed by atoms with Crippen LogP contribution in [0.4, 0.5) is 0 Å². The average molecular weight is 237 g/mol. The molecule has 1 saturated carbocycles. The molecule has 1 nitrogen and oxygen atoms in total. The maximum atomic E-state index is 3.77. The van der Waals surface area contributed by atoms with Gasteiger partial charge in [0.15, 0.2) is 0 Å². The van der Waals surface area contributed by atoms with Crippen molar-refractivity contribution >= 4 is 11.3 Å². The Bertz CT molecular complexity index is 281. The molecular weight excluding hydrogens is 214 g/mol. The van der Waals surface area contributed by atoms with Crippen LogP contribution in [0.3, 0.4) is 0 Å². The van der Waals surface area contributed by atoms with Gasteiger partial charge in [0.25, 0.3) is 0 Å². The van der Waals surface area contributed by atoms with Gasteiger partial charge in [0.05, 0.1) is 0 Å². The van der Waals surface area contributed by atoms with E-state index in [-0.39, 0.29) is 0 Å². The molecule has 0 aromatic carbocycles. The summed E-state index contributed by atoms with van der Waals surface area (Å²) < 4.78 is 0. The highest BCUT2D eigenvalue weighted by atomic mass is 32.1. The van der Waals surface area contributed by atoms with Gasteiger partial charge in [-0.1, -0.05) is 32.3 Å². The molecule has 1 aliphatic rings. The third-order valence-electron chi connectivity index (χ3n) is 3.79. The van der Waals surface area contributed by atoms with Gasteiger partial charge in [-0.05, 0) is 36.6 Å². The van der Waals surface area contributed by atoms with Crippen LogP contribution in [0.2, 0.25) is 0 Å². The number of thiophene rings is 1. The molecule has 1 aliphatic carbocycles. The van der Waals surface area contributed by atoms with Crippen molar-refractivity contribution in [2.75, 3.05) is 6.54 Å². The molecule has 1 heterocycles. The SMILES string of the molecule is CCC1CCCCC1NCCc1cccs1. The van der Waals surface area contributed by atoms with Gasteiger partial charge >= 0.3 is 0 Å². The Hall–Kier alpha value is -0.340. The normalized spacial score (nSPS) is 25.8. The van der Waals surface area contributed by atoms with Crippen LogP contribution in [0.15, 0.2) is 17.5 Å². The van der Waals surface area contributed by atoms with E-state index in [0.717, 1.165) is 18.5 Å². The first kappa shape index (κ1) is 12.1. The second-order valence-electron chi connectivity index (χ2n) is 4.84. The van der Waals surface area contributed by atoms with Gasteiger partial charge < -0.3 is 5.32 Å². The number of hydrogen-bond donors (Lipinski definition) is 1. The number of rotatable bonds is 5. The second kappa shape index (κ2) is 6.41. The van der Waals surface area contributed by atoms with E-state index in [0.29, 0.717) is 0 Å². The molecule has 0 aliphatic heterocycles. The summed E-state index contributed by atoms with van der Waals surface area (Å²) in [4.78, 5) is 1.51. The Morgan fingerprint density at radius 1 is 1.38 bits per heavy atom. The fourth-order valence-electron chi connectivity index (χ4n) is 2.80. The summed E-state index contributed by atoms with van der Waals surface area (Å²) in [7, 11) is 0. The molecule has 1 aromatic heterocycles. The summed E-state index contributed by atoms with van der Waals surface area (Å²) in [6.45, 7) is 3.49. The maximum absolute atomic E-state index is 3.77. The van der Waals surface area contributed by atoms with Crippen LogP contribution in [0.1, 0.15) is 43.9 Å². The molecule has 1 fully saturated rings. The summed E-state index contributed by atoms with van der Waals surface area (Å²) in [5, 5.41) is 5.94. The molecule has 1 N–H and O–H groups in total. The van der Waals surface area contributed by atoms with E-state index in [1.54, 1.807) is 0 Å². The molecule has 0 radical (unpaired) electrons. The summed E-state index contributed by atoms with van der Waals surface area (Å²) in [6, 6.07) is 5.18. The third kappa shape index (κ3) is 3.33. The lowest BCUT2D eigenvalue weighted by Crippen LogP contribution is -2.39. The zero-order chi connectivity index (χ0) is 11.2. The van der Waals surface area contributed by atoms with Crippen LogP contribution in [-0.4, -0.2) is 12.6 Å². The monoisotopic (exact) mass is 237 g/mol. The van der Waals surface area contributed by atoms with Crippen LogP contribution in [0.5, 0.6) is 0 Å². The van der Waals surface area contributed by atoms with E-state index < -0.39 is 0 Å². The Labute approximate surface area is 103 Å². The molecule has 2 heteroatoms. The van der Waals surface area contributed by atoms with E-state index in [1.807, 2.05) is 11.3 Å². The zero-order valence-electron chi connectivity index (χ0n) is 10.2. The van der Waals surface area contributed by atoms with Gasteiger partial charge in [-0.15, -0.1) is 11.3 Å². The van der Waals surface area contributed by atoms with E-state index in [2.05, 4.69) is 29.8 Å². The highest BCUT2D eigenvalue weighted by Crippen LogP contribution is 2.26. The first-order valence-corrected chi connectivity index (χ1v) is 7.54. The summed E-state index contributed by atoms with van der Waals surface area (Å²) in [5.74, 6) is 0.928. The quantitative estimate of drug-likeness (QED) is 0.820. The van der Waals surface area contributed by atoms with E-state index in [9.17, 15) is 0 Å². The van der Waals surface area contributed by atoms with Gasteiger partial charge in [-0.25, -0.2) is 0 Å². The van der Waals surface area contributed by atoms with Gasteiger partial charge in [0.2, 0.25) is 0 Å². The summed E-state index contributed by atoms with van der Waals surface area (Å²) >= 11 is 1.88. The second-order valence-corrected chi connectivity index (χ2v) is 5.88. The van der Waals surface area contributed by atoms with Crippen LogP contribution >= 0.6 is 11.3 Å². The predicted octanol–water partition coefficient (Wildman–Crippen LogP) is 3.85. The van der Waals surface area contributed by atoms with Crippen molar-refractivity contribution in [3.63, 3.8) is 0 Å². The standard InChI is InChI=1S/C14H23NS/c1-2-12-6-3-4-8-14(12)15-10-9-13-7-5-11-16-13/h5,7,11-12,14-15H,2-4,6,8-10H2,1H3. The smallest absolute Gasteiger partial charge is 0.00953 e. The predicted molar refractivity (Wildman–Crippen MR) is 72.1 cm³/mol. The topological polar surface area (TPSA) is 12.0 Å². The average Bonchev–Trinajstić information content (AvgIpc) is 2.83. The molecule has 16 heavy (non-hydrogen) atoms. The van der Waals surface area contributed by atoms with Crippen LogP contribution < -0.4 is 5.32 Å². The summed E-state index contributed by atoms with van der Waals surface area (Å²) in [5.41, 5.74) is 0. The van der Waals surface area contributed by atoms with Gasteiger partial charge in [0, 0.05) is 17.5 Å². The van der Waals surface area contributed by atoms with Crippen molar-refractivity contribution in [3.8, 4) is 0 Å². The first-order valence-electron chi connectivity index (χ1n) is 6.66. The Morgan fingerprint density at radius 2 is 2.25 bits per heavy atom. The van der Waals surface area contributed by atoms with E-state index in [1.165, 1.54) is 43.4 Å². The first-order chi connectivity index (χ1) is 7.90. The highest BCUT2D eigenvalue weighted by molar-refractivity contribution is 7.09. The zero-order valence-corrected chi connectivity index (χ0v) is 11.1. The van der Waals surface area contributed by atoms with Gasteiger partial charge in [-0.2, -0.15) is 0 Å². The Morgan fingerprint density at radius 3 is 3.00 bits per heavy atom. The minimum absolute atomic E-state index is 0.790. The fourth-order valence-corrected chi connectivity index (χ4v) is 3.51. The molecule has 1 aromatic rings. The molecule has 0 amide bonds. The van der Waals surface area contributed by atoms with Crippen molar-refractivity contribution in [1.82, 2.24) is 5.32 Å². The molecule has 2 atom stereocenters. The molecule has 2 unspecified atom stereocenters. The third-order valence-corrected chi connectivity index (χ3v) is 4.73. The fraction of sp³-hybridized carbons (Fsp3) is 0.714. The minimum Gasteiger partial charge on any atom is -0.313 e. The van der Waals surface area contributed by atoms with Crippen molar-refractivity contribution in [2.24, 2.45) is 5.92 Å². The lowest BCUT2D eigenvalue weighted by molar-refractivity contribution is 0.257. The molecule has 0 bridgehead atoms. The maximum Gasteiger partial charge on any atom is 0.00953 e. The number of nitrogens with one attached hydrogen (secondary N) is 1. The lowest BCUT2D eigenvalue weighted by Gasteiger charge is -2.31. The highest BCUT2D eigenvalue weighted by Gasteiger charge is 2.22. The van der Waals surface area contributed by atoms with Crippen LogP contribution in [-0.2, 0) is 6.42 Å². The minimum atomic E-state index is 0.790. The Kier molecular flexibility index (Phi) is 4.86. The lowest BCUT2D eigenvalue weighted by atomic mass is 9.83. The molecule has 2 rings (SSSR count). The van der Waals surface area contributed by atoms with Crippen LogP contribution in [0.25, 0.3) is 0 Å². The van der Waals surface area contributed by atoms with E-state index in [4.69, 9.17) is 0 Å². The van der Waals surface area contributed by atoms with Gasteiger partial charge in [0.1, 0.15) is 0 Å².